The molecule has 1 N–H and O–H groups in total. The molecule has 0 radical (unpaired) electrons. The molecule has 0 aromatic heterocycles. The van der Waals surface area contributed by atoms with Crippen LogP contribution in [-0.2, 0) is 11.2 Å². The summed E-state index contributed by atoms with van der Waals surface area (Å²) in [4.78, 5) is 12.3. The van der Waals surface area contributed by atoms with Gasteiger partial charge in [-0.1, -0.05) is 30.7 Å². The van der Waals surface area contributed by atoms with Crippen LogP contribution < -0.4 is 14.8 Å². The van der Waals surface area contributed by atoms with Crippen LogP contribution in [0.1, 0.15) is 25.3 Å². The van der Waals surface area contributed by atoms with E-state index in [4.69, 9.17) is 21.1 Å². The molecule has 2 rings (SSSR count). The maximum Gasteiger partial charge on any atom is 0.261 e. The van der Waals surface area contributed by atoms with Crippen molar-refractivity contribution in [1.29, 1.82) is 0 Å². The van der Waals surface area contributed by atoms with Gasteiger partial charge in [-0.15, -0.1) is 0 Å². The highest BCUT2D eigenvalue weighted by atomic mass is 35.5. The third kappa shape index (κ3) is 6.31. The molecule has 0 aliphatic rings. The summed E-state index contributed by atoms with van der Waals surface area (Å²) in [6, 6.07) is 15.0. The molecule has 134 valence electrons. The molecule has 2 aromatic rings. The minimum atomic E-state index is -0.498. The topological polar surface area (TPSA) is 47.6 Å². The molecule has 0 heterocycles. The van der Waals surface area contributed by atoms with Gasteiger partial charge in [-0.25, -0.2) is 0 Å². The van der Waals surface area contributed by atoms with Gasteiger partial charge in [0, 0.05) is 11.6 Å². The van der Waals surface area contributed by atoms with Crippen LogP contribution in [-0.4, -0.2) is 25.7 Å². The van der Waals surface area contributed by atoms with E-state index < -0.39 is 6.10 Å². The molecule has 0 fully saturated rings. The summed E-state index contributed by atoms with van der Waals surface area (Å²) < 4.78 is 10.9. The Labute approximate surface area is 154 Å². The van der Waals surface area contributed by atoms with Crippen molar-refractivity contribution in [2.75, 3.05) is 13.7 Å². The molecule has 0 saturated carbocycles. The summed E-state index contributed by atoms with van der Waals surface area (Å²) in [5, 5.41) is 3.59. The van der Waals surface area contributed by atoms with Gasteiger partial charge in [0.2, 0.25) is 0 Å². The SMILES string of the molecule is CCC(Oc1ccc(Cl)cc1)C(=O)NCCCc1ccc(OC)cc1. The van der Waals surface area contributed by atoms with Crippen LogP contribution >= 0.6 is 11.6 Å². The molecule has 1 atom stereocenters. The number of carbonyl (C=O) groups is 1. The summed E-state index contributed by atoms with van der Waals surface area (Å²) in [7, 11) is 1.65. The van der Waals surface area contributed by atoms with Gasteiger partial charge in [-0.05, 0) is 61.2 Å². The summed E-state index contributed by atoms with van der Waals surface area (Å²) in [5.41, 5.74) is 1.22. The van der Waals surface area contributed by atoms with Crippen LogP contribution in [0.5, 0.6) is 11.5 Å². The van der Waals surface area contributed by atoms with Crippen LogP contribution in [0, 0.1) is 0 Å². The molecule has 0 bridgehead atoms. The summed E-state index contributed by atoms with van der Waals surface area (Å²) in [6.07, 6.45) is 1.88. The Bertz CT molecular complexity index is 656. The zero-order valence-corrected chi connectivity index (χ0v) is 15.4. The van der Waals surface area contributed by atoms with Crippen molar-refractivity contribution < 1.29 is 14.3 Å². The standard InChI is InChI=1S/C20H24ClNO3/c1-3-19(25-18-12-8-16(21)9-13-18)20(23)22-14-4-5-15-6-10-17(24-2)11-7-15/h6-13,19H,3-5,14H2,1-2H3,(H,22,23). The molecular formula is C20H24ClNO3. The summed E-state index contributed by atoms with van der Waals surface area (Å²) >= 11 is 5.85. The van der Waals surface area contributed by atoms with Crippen LogP contribution in [0.15, 0.2) is 48.5 Å². The Kier molecular flexibility index (Phi) is 7.61. The average molecular weight is 362 g/mol. The molecule has 0 spiro atoms. The second kappa shape index (κ2) is 9.94. The molecule has 2 aromatic carbocycles. The smallest absolute Gasteiger partial charge is 0.261 e. The van der Waals surface area contributed by atoms with E-state index in [9.17, 15) is 4.79 Å². The number of aryl methyl sites for hydroxylation is 1. The Morgan fingerprint density at radius 2 is 1.72 bits per heavy atom. The third-order valence-electron chi connectivity index (χ3n) is 3.86. The monoisotopic (exact) mass is 361 g/mol. The molecular weight excluding hydrogens is 338 g/mol. The highest BCUT2D eigenvalue weighted by Gasteiger charge is 2.17. The predicted octanol–water partition coefficient (Wildman–Crippen LogP) is 4.26. The lowest BCUT2D eigenvalue weighted by Crippen LogP contribution is -2.38. The normalized spacial score (nSPS) is 11.6. The van der Waals surface area contributed by atoms with E-state index in [1.54, 1.807) is 31.4 Å². The number of hydrogen-bond acceptors (Lipinski definition) is 3. The number of benzene rings is 2. The van der Waals surface area contributed by atoms with Crippen LogP contribution in [0.4, 0.5) is 0 Å². The minimum Gasteiger partial charge on any atom is -0.497 e. The van der Waals surface area contributed by atoms with Crippen molar-refractivity contribution in [1.82, 2.24) is 5.32 Å². The van der Waals surface area contributed by atoms with Crippen molar-refractivity contribution in [2.45, 2.75) is 32.3 Å². The summed E-state index contributed by atoms with van der Waals surface area (Å²) in [5.74, 6) is 1.40. The van der Waals surface area contributed by atoms with Crippen molar-refractivity contribution in [2.24, 2.45) is 0 Å². The van der Waals surface area contributed by atoms with E-state index >= 15 is 0 Å². The van der Waals surface area contributed by atoms with Gasteiger partial charge >= 0.3 is 0 Å². The molecule has 25 heavy (non-hydrogen) atoms. The van der Waals surface area contributed by atoms with Gasteiger partial charge < -0.3 is 14.8 Å². The lowest BCUT2D eigenvalue weighted by atomic mass is 10.1. The molecule has 1 unspecified atom stereocenters. The van der Waals surface area contributed by atoms with Crippen LogP contribution in [0.2, 0.25) is 5.02 Å². The Balaban J connectivity index is 1.74. The van der Waals surface area contributed by atoms with Crippen molar-refractivity contribution in [3.8, 4) is 11.5 Å². The number of nitrogens with one attached hydrogen (secondary N) is 1. The number of amides is 1. The quantitative estimate of drug-likeness (QED) is 0.679. The minimum absolute atomic E-state index is 0.0906. The van der Waals surface area contributed by atoms with Crippen molar-refractivity contribution in [3.63, 3.8) is 0 Å². The lowest BCUT2D eigenvalue weighted by Gasteiger charge is -2.17. The van der Waals surface area contributed by atoms with E-state index in [-0.39, 0.29) is 5.91 Å². The third-order valence-corrected chi connectivity index (χ3v) is 4.11. The number of hydrogen-bond donors (Lipinski definition) is 1. The number of carbonyl (C=O) groups excluding carboxylic acids is 1. The largest absolute Gasteiger partial charge is 0.497 e. The predicted molar refractivity (Wildman–Crippen MR) is 100 cm³/mol. The first-order valence-corrected chi connectivity index (χ1v) is 8.83. The van der Waals surface area contributed by atoms with Crippen LogP contribution in [0.25, 0.3) is 0 Å². The average Bonchev–Trinajstić information content (AvgIpc) is 2.65. The van der Waals surface area contributed by atoms with E-state index in [2.05, 4.69) is 5.32 Å². The van der Waals surface area contributed by atoms with E-state index in [1.165, 1.54) is 5.56 Å². The maximum atomic E-state index is 12.3. The van der Waals surface area contributed by atoms with Gasteiger partial charge in [0.05, 0.1) is 7.11 Å². The zero-order valence-electron chi connectivity index (χ0n) is 14.6. The maximum absolute atomic E-state index is 12.3. The molecule has 0 aliphatic carbocycles. The zero-order chi connectivity index (χ0) is 18.1. The van der Waals surface area contributed by atoms with E-state index in [0.717, 1.165) is 18.6 Å². The van der Waals surface area contributed by atoms with Crippen molar-refractivity contribution in [3.05, 3.63) is 59.1 Å². The fourth-order valence-corrected chi connectivity index (χ4v) is 2.54. The van der Waals surface area contributed by atoms with Gasteiger partial charge in [0.1, 0.15) is 11.5 Å². The molecule has 1 amide bonds. The van der Waals surface area contributed by atoms with Gasteiger partial charge in [0.25, 0.3) is 5.91 Å². The fraction of sp³-hybridized carbons (Fsp3) is 0.350. The second-order valence-electron chi connectivity index (χ2n) is 5.71. The van der Waals surface area contributed by atoms with Crippen molar-refractivity contribution >= 4 is 17.5 Å². The first-order chi connectivity index (χ1) is 12.1. The molecule has 0 saturated heterocycles. The number of methoxy groups -OCH3 is 1. The lowest BCUT2D eigenvalue weighted by molar-refractivity contribution is -0.128. The van der Waals surface area contributed by atoms with E-state index in [1.807, 2.05) is 31.2 Å². The highest BCUT2D eigenvalue weighted by Crippen LogP contribution is 2.17. The Morgan fingerprint density at radius 1 is 1.08 bits per heavy atom. The van der Waals surface area contributed by atoms with Gasteiger partial charge in [-0.2, -0.15) is 0 Å². The Hall–Kier alpha value is -2.20. The van der Waals surface area contributed by atoms with Gasteiger partial charge in [-0.3, -0.25) is 4.79 Å². The highest BCUT2D eigenvalue weighted by molar-refractivity contribution is 6.30. The molecule has 0 aliphatic heterocycles. The first-order valence-electron chi connectivity index (χ1n) is 8.45. The number of rotatable bonds is 9. The fourth-order valence-electron chi connectivity index (χ4n) is 2.41. The first kappa shape index (κ1) is 19.1. The number of halogens is 1. The second-order valence-corrected chi connectivity index (χ2v) is 6.15. The molecule has 4 nitrogen and oxygen atoms in total. The Morgan fingerprint density at radius 3 is 2.32 bits per heavy atom. The number of ether oxygens (including phenoxy) is 2. The van der Waals surface area contributed by atoms with E-state index in [0.29, 0.717) is 23.7 Å². The molecule has 5 heteroatoms. The van der Waals surface area contributed by atoms with Gasteiger partial charge in [0.15, 0.2) is 6.10 Å². The summed E-state index contributed by atoms with van der Waals surface area (Å²) in [6.45, 7) is 2.54. The van der Waals surface area contributed by atoms with Crippen LogP contribution in [0.3, 0.4) is 0 Å².